The number of nitrogens with zero attached hydrogens (tertiary/aromatic N) is 1. The van der Waals surface area contributed by atoms with Crippen LogP contribution in [0.15, 0.2) is 42.5 Å². The molecule has 0 unspecified atom stereocenters. The average Bonchev–Trinajstić information content (AvgIpc) is 2.59. The third-order valence-corrected chi connectivity index (χ3v) is 4.69. The maximum absolute atomic E-state index is 12.3. The molecule has 2 aromatic rings. The van der Waals surface area contributed by atoms with E-state index in [2.05, 4.69) is 21.6 Å². The maximum Gasteiger partial charge on any atom is 0.323 e. The van der Waals surface area contributed by atoms with Crippen molar-refractivity contribution in [2.75, 3.05) is 28.6 Å². The standard InChI is InChI=1S/C19H22ClN3O/c1-14-9-10-15(13-16(14)20)21-19(24)22-17-7-3-4-8-18(17)23-11-5-2-6-12-23/h3-4,7-10,13H,2,5-6,11-12H2,1H3,(H2,21,22,24). The SMILES string of the molecule is Cc1ccc(NC(=O)Nc2ccccc2N2CCCCC2)cc1Cl. The predicted octanol–water partition coefficient (Wildman–Crippen LogP) is 5.28. The lowest BCUT2D eigenvalue weighted by Crippen LogP contribution is -2.30. The Bertz CT molecular complexity index is 726. The summed E-state index contributed by atoms with van der Waals surface area (Å²) in [6.07, 6.45) is 3.67. The number of piperidine rings is 1. The van der Waals surface area contributed by atoms with Crippen LogP contribution in [-0.4, -0.2) is 19.1 Å². The van der Waals surface area contributed by atoms with E-state index in [9.17, 15) is 4.79 Å². The molecule has 0 bridgehead atoms. The summed E-state index contributed by atoms with van der Waals surface area (Å²) in [7, 11) is 0. The Labute approximate surface area is 147 Å². The molecule has 0 atom stereocenters. The topological polar surface area (TPSA) is 44.4 Å². The highest BCUT2D eigenvalue weighted by Crippen LogP contribution is 2.28. The van der Waals surface area contributed by atoms with Gasteiger partial charge in [-0.25, -0.2) is 4.79 Å². The highest BCUT2D eigenvalue weighted by Gasteiger charge is 2.15. The lowest BCUT2D eigenvalue weighted by molar-refractivity contribution is 0.262. The lowest BCUT2D eigenvalue weighted by atomic mass is 10.1. The second-order valence-corrected chi connectivity index (χ2v) is 6.52. The Morgan fingerprint density at radius 3 is 2.54 bits per heavy atom. The maximum atomic E-state index is 12.3. The predicted molar refractivity (Wildman–Crippen MR) is 101 cm³/mol. The summed E-state index contributed by atoms with van der Waals surface area (Å²) in [5.74, 6) is 0. The summed E-state index contributed by atoms with van der Waals surface area (Å²) in [5, 5.41) is 6.43. The van der Waals surface area contributed by atoms with Crippen LogP contribution in [0, 0.1) is 6.92 Å². The Morgan fingerprint density at radius 1 is 1.04 bits per heavy atom. The van der Waals surface area contributed by atoms with Crippen LogP contribution in [0.25, 0.3) is 0 Å². The normalized spacial score (nSPS) is 14.3. The summed E-state index contributed by atoms with van der Waals surface area (Å²) in [6.45, 7) is 4.00. The highest BCUT2D eigenvalue weighted by atomic mass is 35.5. The van der Waals surface area contributed by atoms with Gasteiger partial charge < -0.3 is 15.5 Å². The third-order valence-electron chi connectivity index (χ3n) is 4.28. The first kappa shape index (κ1) is 16.7. The fourth-order valence-corrected chi connectivity index (χ4v) is 3.13. The molecular formula is C19H22ClN3O. The molecule has 2 aromatic carbocycles. The van der Waals surface area contributed by atoms with Gasteiger partial charge in [-0.2, -0.15) is 0 Å². The number of urea groups is 1. The number of hydrogen-bond acceptors (Lipinski definition) is 2. The zero-order valence-corrected chi connectivity index (χ0v) is 14.6. The number of nitrogens with one attached hydrogen (secondary N) is 2. The van der Waals surface area contributed by atoms with Crippen LogP contribution >= 0.6 is 11.6 Å². The molecule has 2 N–H and O–H groups in total. The minimum absolute atomic E-state index is 0.264. The van der Waals surface area contributed by atoms with E-state index < -0.39 is 0 Å². The molecule has 1 saturated heterocycles. The first-order valence-electron chi connectivity index (χ1n) is 8.31. The zero-order valence-electron chi connectivity index (χ0n) is 13.8. The highest BCUT2D eigenvalue weighted by molar-refractivity contribution is 6.31. The number of rotatable bonds is 3. The smallest absolute Gasteiger partial charge is 0.323 e. The molecule has 5 heteroatoms. The van der Waals surface area contributed by atoms with Gasteiger partial charge in [0.1, 0.15) is 0 Å². The Kier molecular flexibility index (Phi) is 5.26. The van der Waals surface area contributed by atoms with Crippen LogP contribution in [-0.2, 0) is 0 Å². The quantitative estimate of drug-likeness (QED) is 0.796. The summed E-state index contributed by atoms with van der Waals surface area (Å²) >= 11 is 6.11. The number of amides is 2. The minimum atomic E-state index is -0.264. The van der Waals surface area contributed by atoms with Crippen LogP contribution in [0.3, 0.4) is 0 Å². The molecule has 1 aliphatic rings. The van der Waals surface area contributed by atoms with Gasteiger partial charge in [0.05, 0.1) is 11.4 Å². The van der Waals surface area contributed by atoms with Crippen LogP contribution < -0.4 is 15.5 Å². The van der Waals surface area contributed by atoms with Gasteiger partial charge in [-0.1, -0.05) is 29.8 Å². The number of halogens is 1. The van der Waals surface area contributed by atoms with E-state index in [4.69, 9.17) is 11.6 Å². The van der Waals surface area contributed by atoms with E-state index in [1.165, 1.54) is 19.3 Å². The zero-order chi connectivity index (χ0) is 16.9. The van der Waals surface area contributed by atoms with Crippen molar-refractivity contribution in [1.82, 2.24) is 0 Å². The minimum Gasteiger partial charge on any atom is -0.370 e. The number of hydrogen-bond donors (Lipinski definition) is 2. The second kappa shape index (κ2) is 7.58. The number of carbonyl (C=O) groups is 1. The van der Waals surface area contributed by atoms with Crippen molar-refractivity contribution in [3.8, 4) is 0 Å². The summed E-state index contributed by atoms with van der Waals surface area (Å²) < 4.78 is 0. The Balaban J connectivity index is 1.71. The molecule has 1 fully saturated rings. The number of benzene rings is 2. The van der Waals surface area contributed by atoms with E-state index in [1.807, 2.05) is 37.3 Å². The van der Waals surface area contributed by atoms with Crippen molar-refractivity contribution < 1.29 is 4.79 Å². The van der Waals surface area contributed by atoms with E-state index in [1.54, 1.807) is 6.07 Å². The van der Waals surface area contributed by atoms with Gasteiger partial charge in [-0.05, 0) is 56.0 Å². The van der Waals surface area contributed by atoms with Gasteiger partial charge in [0.15, 0.2) is 0 Å². The van der Waals surface area contributed by atoms with Gasteiger partial charge in [-0.15, -0.1) is 0 Å². The van der Waals surface area contributed by atoms with Crippen LogP contribution in [0.2, 0.25) is 5.02 Å². The molecule has 0 aromatic heterocycles. The number of para-hydroxylation sites is 2. The van der Waals surface area contributed by atoms with Crippen LogP contribution in [0.1, 0.15) is 24.8 Å². The molecule has 0 aliphatic carbocycles. The van der Waals surface area contributed by atoms with E-state index in [-0.39, 0.29) is 6.03 Å². The first-order chi connectivity index (χ1) is 11.6. The summed E-state index contributed by atoms with van der Waals surface area (Å²) in [4.78, 5) is 14.7. The molecule has 0 spiro atoms. The molecule has 3 rings (SSSR count). The molecule has 4 nitrogen and oxygen atoms in total. The molecule has 1 aliphatic heterocycles. The van der Waals surface area contributed by atoms with E-state index in [0.29, 0.717) is 10.7 Å². The van der Waals surface area contributed by atoms with E-state index >= 15 is 0 Å². The van der Waals surface area contributed by atoms with Gasteiger partial charge in [0, 0.05) is 23.8 Å². The van der Waals surface area contributed by atoms with Crippen molar-refractivity contribution in [3.05, 3.63) is 53.1 Å². The number of anilines is 3. The van der Waals surface area contributed by atoms with Crippen molar-refractivity contribution in [1.29, 1.82) is 0 Å². The van der Waals surface area contributed by atoms with Crippen LogP contribution in [0.4, 0.5) is 21.9 Å². The summed E-state index contributed by atoms with van der Waals surface area (Å²) in [5.41, 5.74) is 3.57. The molecular weight excluding hydrogens is 322 g/mol. The molecule has 2 amide bonds. The molecule has 24 heavy (non-hydrogen) atoms. The lowest BCUT2D eigenvalue weighted by Gasteiger charge is -2.30. The molecule has 1 heterocycles. The second-order valence-electron chi connectivity index (χ2n) is 6.11. The van der Waals surface area contributed by atoms with Crippen molar-refractivity contribution in [3.63, 3.8) is 0 Å². The molecule has 0 saturated carbocycles. The Hall–Kier alpha value is -2.20. The van der Waals surface area contributed by atoms with Crippen molar-refractivity contribution in [2.24, 2.45) is 0 Å². The fourth-order valence-electron chi connectivity index (χ4n) is 2.95. The fraction of sp³-hybridized carbons (Fsp3) is 0.316. The van der Waals surface area contributed by atoms with E-state index in [0.717, 1.165) is 30.0 Å². The van der Waals surface area contributed by atoms with Crippen molar-refractivity contribution in [2.45, 2.75) is 26.2 Å². The first-order valence-corrected chi connectivity index (χ1v) is 8.69. The Morgan fingerprint density at radius 2 is 1.79 bits per heavy atom. The van der Waals surface area contributed by atoms with Crippen molar-refractivity contribution >= 4 is 34.7 Å². The van der Waals surface area contributed by atoms with Gasteiger partial charge in [0.25, 0.3) is 0 Å². The largest absolute Gasteiger partial charge is 0.370 e. The number of aryl methyl sites for hydroxylation is 1. The monoisotopic (exact) mass is 343 g/mol. The average molecular weight is 344 g/mol. The third kappa shape index (κ3) is 4.01. The molecule has 126 valence electrons. The van der Waals surface area contributed by atoms with Gasteiger partial charge in [0.2, 0.25) is 0 Å². The summed E-state index contributed by atoms with van der Waals surface area (Å²) in [6, 6.07) is 13.2. The molecule has 0 radical (unpaired) electrons. The number of carbonyl (C=O) groups excluding carboxylic acids is 1. The van der Waals surface area contributed by atoms with Gasteiger partial charge >= 0.3 is 6.03 Å². The van der Waals surface area contributed by atoms with Gasteiger partial charge in [-0.3, -0.25) is 0 Å². The van der Waals surface area contributed by atoms with Crippen LogP contribution in [0.5, 0.6) is 0 Å².